The average molecular weight is 346 g/mol. The Morgan fingerprint density at radius 2 is 2.00 bits per heavy atom. The third-order valence-corrected chi connectivity index (χ3v) is 4.25. The van der Waals surface area contributed by atoms with Crippen molar-refractivity contribution in [1.82, 2.24) is 14.7 Å². The number of non-ortho nitro benzene ring substituents is 1. The van der Waals surface area contributed by atoms with Crippen molar-refractivity contribution in [2.75, 3.05) is 13.1 Å². The SMILES string of the molecule is CC(C)(C)OC(=O)N1CCC(n2ncc3ccc([N+](=O)[O-])cc32)CC1. The minimum Gasteiger partial charge on any atom is -0.444 e. The molecule has 25 heavy (non-hydrogen) atoms. The Morgan fingerprint density at radius 1 is 1.32 bits per heavy atom. The first-order chi connectivity index (χ1) is 11.7. The number of rotatable bonds is 2. The maximum Gasteiger partial charge on any atom is 0.410 e. The summed E-state index contributed by atoms with van der Waals surface area (Å²) in [4.78, 5) is 24.5. The number of nitro groups is 1. The molecule has 1 fully saturated rings. The Kier molecular flexibility index (Phi) is 4.36. The van der Waals surface area contributed by atoms with Crippen molar-refractivity contribution in [2.45, 2.75) is 45.3 Å². The van der Waals surface area contributed by atoms with Gasteiger partial charge in [-0.3, -0.25) is 14.8 Å². The number of ether oxygens (including phenoxy) is 1. The second-order valence-corrected chi connectivity index (χ2v) is 7.29. The highest BCUT2D eigenvalue weighted by molar-refractivity contribution is 5.81. The molecule has 1 aliphatic heterocycles. The van der Waals surface area contributed by atoms with Crippen LogP contribution in [0.1, 0.15) is 39.7 Å². The third-order valence-electron chi connectivity index (χ3n) is 4.25. The highest BCUT2D eigenvalue weighted by atomic mass is 16.6. The number of likely N-dealkylation sites (tertiary alicyclic amines) is 1. The van der Waals surface area contributed by atoms with Crippen molar-refractivity contribution < 1.29 is 14.5 Å². The molecule has 0 unspecified atom stereocenters. The van der Waals surface area contributed by atoms with Gasteiger partial charge in [0.1, 0.15) is 5.60 Å². The fourth-order valence-electron chi connectivity index (χ4n) is 3.05. The van der Waals surface area contributed by atoms with E-state index in [1.807, 2.05) is 25.5 Å². The van der Waals surface area contributed by atoms with E-state index in [9.17, 15) is 14.9 Å². The van der Waals surface area contributed by atoms with E-state index in [1.165, 1.54) is 6.07 Å². The van der Waals surface area contributed by atoms with E-state index in [4.69, 9.17) is 4.74 Å². The van der Waals surface area contributed by atoms with Crippen molar-refractivity contribution in [2.24, 2.45) is 0 Å². The monoisotopic (exact) mass is 346 g/mol. The van der Waals surface area contributed by atoms with Gasteiger partial charge in [0, 0.05) is 30.6 Å². The van der Waals surface area contributed by atoms with E-state index in [-0.39, 0.29) is 17.8 Å². The van der Waals surface area contributed by atoms with Crippen LogP contribution in [-0.2, 0) is 4.74 Å². The van der Waals surface area contributed by atoms with Crippen LogP contribution in [0, 0.1) is 10.1 Å². The molecule has 0 N–H and O–H groups in total. The van der Waals surface area contributed by atoms with Crippen LogP contribution in [0.5, 0.6) is 0 Å². The number of aromatic nitrogens is 2. The molecule has 2 aromatic rings. The zero-order valence-electron chi connectivity index (χ0n) is 14.6. The molecule has 0 spiro atoms. The molecule has 0 radical (unpaired) electrons. The first-order valence-corrected chi connectivity index (χ1v) is 8.34. The number of hydrogen-bond donors (Lipinski definition) is 0. The summed E-state index contributed by atoms with van der Waals surface area (Å²) in [6, 6.07) is 4.87. The number of nitrogens with zero attached hydrogens (tertiary/aromatic N) is 4. The van der Waals surface area contributed by atoms with Crippen LogP contribution in [0.2, 0.25) is 0 Å². The Labute approximate surface area is 145 Å². The zero-order chi connectivity index (χ0) is 18.2. The molecule has 8 heteroatoms. The van der Waals surface area contributed by atoms with Gasteiger partial charge >= 0.3 is 6.09 Å². The second kappa shape index (κ2) is 6.34. The van der Waals surface area contributed by atoms with Crippen LogP contribution in [-0.4, -0.2) is 44.4 Å². The summed E-state index contributed by atoms with van der Waals surface area (Å²) in [6.07, 6.45) is 2.89. The molecule has 1 aliphatic rings. The normalized spacial score (nSPS) is 16.2. The van der Waals surface area contributed by atoms with Crippen LogP contribution < -0.4 is 0 Å². The number of amides is 1. The molecule has 3 rings (SSSR count). The molecule has 0 bridgehead atoms. The summed E-state index contributed by atoms with van der Waals surface area (Å²) >= 11 is 0. The van der Waals surface area contributed by atoms with Gasteiger partial charge in [-0.2, -0.15) is 5.10 Å². The lowest BCUT2D eigenvalue weighted by atomic mass is 10.1. The van der Waals surface area contributed by atoms with Crippen molar-refractivity contribution in [3.05, 3.63) is 34.5 Å². The van der Waals surface area contributed by atoms with Gasteiger partial charge in [-0.15, -0.1) is 0 Å². The van der Waals surface area contributed by atoms with Gasteiger partial charge < -0.3 is 9.64 Å². The number of carbonyl (C=O) groups excluding carboxylic acids is 1. The maximum atomic E-state index is 12.1. The number of benzene rings is 1. The molecule has 1 amide bonds. The van der Waals surface area contributed by atoms with E-state index >= 15 is 0 Å². The van der Waals surface area contributed by atoms with Crippen LogP contribution in [0.4, 0.5) is 10.5 Å². The molecule has 1 aromatic heterocycles. The van der Waals surface area contributed by atoms with Gasteiger partial charge in [0.2, 0.25) is 0 Å². The molecule has 0 saturated carbocycles. The van der Waals surface area contributed by atoms with Crippen LogP contribution in [0.3, 0.4) is 0 Å². The quantitative estimate of drug-likeness (QED) is 0.613. The first-order valence-electron chi connectivity index (χ1n) is 8.34. The second-order valence-electron chi connectivity index (χ2n) is 7.29. The van der Waals surface area contributed by atoms with E-state index in [0.717, 1.165) is 23.7 Å². The molecule has 0 aliphatic carbocycles. The summed E-state index contributed by atoms with van der Waals surface area (Å²) in [5.74, 6) is 0. The van der Waals surface area contributed by atoms with E-state index < -0.39 is 10.5 Å². The predicted molar refractivity (Wildman–Crippen MR) is 92.5 cm³/mol. The van der Waals surface area contributed by atoms with Gasteiger partial charge in [0.15, 0.2) is 0 Å². The summed E-state index contributed by atoms with van der Waals surface area (Å²) in [5.41, 5.74) is 0.302. The number of fused-ring (bicyclic) bond motifs is 1. The smallest absolute Gasteiger partial charge is 0.410 e. The lowest BCUT2D eigenvalue weighted by molar-refractivity contribution is -0.384. The van der Waals surface area contributed by atoms with E-state index in [1.54, 1.807) is 23.2 Å². The number of nitro benzene ring substituents is 1. The molecule has 1 saturated heterocycles. The van der Waals surface area contributed by atoms with Gasteiger partial charge in [0.05, 0.1) is 22.7 Å². The number of hydrogen-bond acceptors (Lipinski definition) is 5. The zero-order valence-corrected chi connectivity index (χ0v) is 14.6. The van der Waals surface area contributed by atoms with Gasteiger partial charge in [-0.1, -0.05) is 0 Å². The Bertz CT molecular complexity index is 801. The molecule has 2 heterocycles. The molecular formula is C17H22N4O4. The van der Waals surface area contributed by atoms with Crippen molar-refractivity contribution in [3.63, 3.8) is 0 Å². The van der Waals surface area contributed by atoms with Crippen LogP contribution >= 0.6 is 0 Å². The largest absolute Gasteiger partial charge is 0.444 e. The fourth-order valence-corrected chi connectivity index (χ4v) is 3.05. The molecule has 0 atom stereocenters. The van der Waals surface area contributed by atoms with Crippen molar-refractivity contribution in [3.8, 4) is 0 Å². The first kappa shape index (κ1) is 17.2. The third kappa shape index (κ3) is 3.72. The summed E-state index contributed by atoms with van der Waals surface area (Å²) < 4.78 is 7.25. The van der Waals surface area contributed by atoms with Crippen molar-refractivity contribution >= 4 is 22.7 Å². The fraction of sp³-hybridized carbons (Fsp3) is 0.529. The highest BCUT2D eigenvalue weighted by Crippen LogP contribution is 2.29. The predicted octanol–water partition coefficient (Wildman–Crippen LogP) is 3.52. The summed E-state index contributed by atoms with van der Waals surface area (Å²) in [7, 11) is 0. The van der Waals surface area contributed by atoms with Crippen molar-refractivity contribution in [1.29, 1.82) is 0 Å². The van der Waals surface area contributed by atoms with Crippen LogP contribution in [0.15, 0.2) is 24.4 Å². The van der Waals surface area contributed by atoms with E-state index in [0.29, 0.717) is 13.1 Å². The molecule has 134 valence electrons. The van der Waals surface area contributed by atoms with Gasteiger partial charge in [0.25, 0.3) is 5.69 Å². The van der Waals surface area contributed by atoms with Gasteiger partial charge in [-0.25, -0.2) is 4.79 Å². The Balaban J connectivity index is 1.73. The standard InChI is InChI=1S/C17H22N4O4/c1-17(2,3)25-16(22)19-8-6-13(7-9-19)20-15-10-14(21(23)24)5-4-12(15)11-18-20/h4-5,10-11,13H,6-9H2,1-3H3. The van der Waals surface area contributed by atoms with E-state index in [2.05, 4.69) is 5.10 Å². The highest BCUT2D eigenvalue weighted by Gasteiger charge is 2.28. The Morgan fingerprint density at radius 3 is 2.60 bits per heavy atom. The maximum absolute atomic E-state index is 12.1. The molecule has 1 aromatic carbocycles. The minimum absolute atomic E-state index is 0.0560. The number of carbonyl (C=O) groups is 1. The number of piperidine rings is 1. The van der Waals surface area contributed by atoms with Crippen LogP contribution in [0.25, 0.3) is 10.9 Å². The molecular weight excluding hydrogens is 324 g/mol. The minimum atomic E-state index is -0.509. The topological polar surface area (TPSA) is 90.5 Å². The lowest BCUT2D eigenvalue weighted by Crippen LogP contribution is -2.42. The Hall–Kier alpha value is -2.64. The summed E-state index contributed by atoms with van der Waals surface area (Å²) in [6.45, 7) is 6.70. The van der Waals surface area contributed by atoms with Gasteiger partial charge in [-0.05, 0) is 39.7 Å². The lowest BCUT2D eigenvalue weighted by Gasteiger charge is -2.33. The molecule has 8 nitrogen and oxygen atoms in total. The average Bonchev–Trinajstić information content (AvgIpc) is 2.96. The summed E-state index contributed by atoms with van der Waals surface area (Å²) in [5, 5.41) is 16.3.